The summed E-state index contributed by atoms with van der Waals surface area (Å²) in [4.78, 5) is 19.3. The van der Waals surface area contributed by atoms with Gasteiger partial charge in [-0.25, -0.2) is 0 Å². The minimum absolute atomic E-state index is 0.0612. The number of amides is 1. The number of nitrogens with zero attached hydrogens (tertiary/aromatic N) is 2. The molecule has 1 aromatic carbocycles. The van der Waals surface area contributed by atoms with E-state index >= 15 is 0 Å². The van der Waals surface area contributed by atoms with Gasteiger partial charge in [0.1, 0.15) is 0 Å². The molecule has 4 heteroatoms. The van der Waals surface area contributed by atoms with Crippen molar-refractivity contribution in [3.63, 3.8) is 0 Å². The van der Waals surface area contributed by atoms with Crippen molar-refractivity contribution in [3.8, 4) is 0 Å². The lowest BCUT2D eigenvalue weighted by atomic mass is 9.72. The predicted molar refractivity (Wildman–Crippen MR) is 89.2 cm³/mol. The molecule has 2 rings (SSSR count). The molecule has 1 atom stereocenters. The summed E-state index contributed by atoms with van der Waals surface area (Å²) in [6.07, 6.45) is 2.29. The van der Waals surface area contributed by atoms with Gasteiger partial charge in [-0.1, -0.05) is 44.2 Å². The number of carbonyl (C=O) groups is 1. The summed E-state index contributed by atoms with van der Waals surface area (Å²) >= 11 is 0. The van der Waals surface area contributed by atoms with Crippen LogP contribution in [-0.2, 0) is 14.9 Å². The quantitative estimate of drug-likeness (QED) is 0.811. The fourth-order valence-electron chi connectivity index (χ4n) is 3.14. The van der Waals surface area contributed by atoms with E-state index in [1.54, 1.807) is 7.11 Å². The summed E-state index contributed by atoms with van der Waals surface area (Å²) in [6, 6.07) is 10.1. The minimum atomic E-state index is -0.508. The molecule has 1 amide bonds. The second-order valence-electron chi connectivity index (χ2n) is 5.74. The van der Waals surface area contributed by atoms with Crippen molar-refractivity contribution < 1.29 is 9.53 Å². The van der Waals surface area contributed by atoms with Gasteiger partial charge in [0.2, 0.25) is 0 Å². The Morgan fingerprint density at radius 3 is 2.45 bits per heavy atom. The molecule has 0 aliphatic carbocycles. The van der Waals surface area contributed by atoms with Gasteiger partial charge in [-0.15, -0.1) is 0 Å². The third-order valence-corrected chi connectivity index (χ3v) is 4.71. The first kappa shape index (κ1) is 16.7. The van der Waals surface area contributed by atoms with Crippen LogP contribution < -0.4 is 0 Å². The lowest BCUT2D eigenvalue weighted by Gasteiger charge is -2.35. The highest BCUT2D eigenvalue weighted by Crippen LogP contribution is 2.37. The SMILES string of the molecule is CCN(CC)CCC1(c2ccccc2)CCC(OC)=NC1=O. The molecule has 0 N–H and O–H groups in total. The molecular weight excluding hydrogens is 276 g/mol. The van der Waals surface area contributed by atoms with Gasteiger partial charge in [-0.05, 0) is 38.0 Å². The molecule has 0 saturated heterocycles. The average molecular weight is 302 g/mol. The Morgan fingerprint density at radius 2 is 1.91 bits per heavy atom. The molecule has 0 fully saturated rings. The van der Waals surface area contributed by atoms with Crippen LogP contribution in [0.5, 0.6) is 0 Å². The largest absolute Gasteiger partial charge is 0.484 e. The van der Waals surface area contributed by atoms with Gasteiger partial charge < -0.3 is 9.64 Å². The maximum Gasteiger partial charge on any atom is 0.259 e. The number of hydrogen-bond donors (Lipinski definition) is 0. The van der Waals surface area contributed by atoms with E-state index in [1.165, 1.54) is 0 Å². The van der Waals surface area contributed by atoms with Gasteiger partial charge in [-0.2, -0.15) is 4.99 Å². The highest BCUT2D eigenvalue weighted by molar-refractivity contribution is 6.00. The van der Waals surface area contributed by atoms with Crippen LogP contribution in [0.3, 0.4) is 0 Å². The predicted octanol–water partition coefficient (Wildman–Crippen LogP) is 3.02. The van der Waals surface area contributed by atoms with E-state index in [9.17, 15) is 4.79 Å². The molecule has 120 valence electrons. The Bertz CT molecular complexity index is 523. The van der Waals surface area contributed by atoms with Crippen LogP contribution in [0.25, 0.3) is 0 Å². The van der Waals surface area contributed by atoms with E-state index in [2.05, 4.69) is 23.7 Å². The smallest absolute Gasteiger partial charge is 0.259 e. The lowest BCUT2D eigenvalue weighted by Crippen LogP contribution is -2.42. The lowest BCUT2D eigenvalue weighted by molar-refractivity contribution is -0.124. The molecule has 4 nitrogen and oxygen atoms in total. The van der Waals surface area contributed by atoms with Crippen molar-refractivity contribution >= 4 is 11.8 Å². The van der Waals surface area contributed by atoms with Gasteiger partial charge in [0.05, 0.1) is 12.5 Å². The number of carbonyl (C=O) groups excluding carboxylic acids is 1. The Labute approximate surface area is 133 Å². The average Bonchev–Trinajstić information content (AvgIpc) is 2.57. The standard InChI is InChI=1S/C18H26N2O2/c1-4-20(5-2)14-13-18(15-9-7-6-8-10-15)12-11-16(22-3)19-17(18)21/h6-10H,4-5,11-14H2,1-3H3. The number of aliphatic imine (C=N–C) groups is 1. The van der Waals surface area contributed by atoms with Crippen LogP contribution in [0.4, 0.5) is 0 Å². The van der Waals surface area contributed by atoms with Crippen LogP contribution in [0, 0.1) is 0 Å². The van der Waals surface area contributed by atoms with Crippen LogP contribution in [0.15, 0.2) is 35.3 Å². The topological polar surface area (TPSA) is 41.9 Å². The summed E-state index contributed by atoms with van der Waals surface area (Å²) in [7, 11) is 1.58. The van der Waals surface area contributed by atoms with E-state index in [4.69, 9.17) is 4.74 Å². The number of methoxy groups -OCH3 is 1. The van der Waals surface area contributed by atoms with Crippen molar-refractivity contribution in [2.75, 3.05) is 26.7 Å². The molecule has 1 unspecified atom stereocenters. The van der Waals surface area contributed by atoms with Crippen LogP contribution in [-0.4, -0.2) is 43.4 Å². The molecule has 0 spiro atoms. The fourth-order valence-corrected chi connectivity index (χ4v) is 3.14. The molecular formula is C18H26N2O2. The van der Waals surface area contributed by atoms with E-state index < -0.39 is 5.41 Å². The van der Waals surface area contributed by atoms with E-state index in [-0.39, 0.29) is 5.91 Å². The summed E-state index contributed by atoms with van der Waals surface area (Å²) < 4.78 is 5.18. The third kappa shape index (κ3) is 3.38. The van der Waals surface area contributed by atoms with Gasteiger partial charge >= 0.3 is 0 Å². The monoisotopic (exact) mass is 302 g/mol. The molecule has 0 bridgehead atoms. The first-order valence-electron chi connectivity index (χ1n) is 8.10. The first-order chi connectivity index (χ1) is 10.7. The van der Waals surface area contributed by atoms with Crippen LogP contribution >= 0.6 is 0 Å². The second-order valence-corrected chi connectivity index (χ2v) is 5.74. The highest BCUT2D eigenvalue weighted by atomic mass is 16.5. The first-order valence-corrected chi connectivity index (χ1v) is 8.10. The number of rotatable bonds is 6. The maximum atomic E-state index is 12.8. The Morgan fingerprint density at radius 1 is 1.23 bits per heavy atom. The van der Waals surface area contributed by atoms with E-state index in [1.807, 2.05) is 30.3 Å². The molecule has 0 aromatic heterocycles. The van der Waals surface area contributed by atoms with Crippen molar-refractivity contribution in [3.05, 3.63) is 35.9 Å². The zero-order valence-electron chi connectivity index (χ0n) is 13.8. The number of ether oxygens (including phenoxy) is 1. The van der Waals surface area contributed by atoms with Crippen LogP contribution in [0.2, 0.25) is 0 Å². The Balaban J connectivity index is 2.30. The van der Waals surface area contributed by atoms with Gasteiger partial charge in [-0.3, -0.25) is 4.79 Å². The molecule has 0 radical (unpaired) electrons. The van der Waals surface area contributed by atoms with Crippen molar-refractivity contribution in [1.82, 2.24) is 4.90 Å². The summed E-state index contributed by atoms with van der Waals surface area (Å²) in [5, 5.41) is 0. The van der Waals surface area contributed by atoms with Crippen LogP contribution in [0.1, 0.15) is 38.7 Å². The number of benzene rings is 1. The highest BCUT2D eigenvalue weighted by Gasteiger charge is 2.42. The molecule has 1 heterocycles. The zero-order chi connectivity index (χ0) is 16.0. The molecule has 1 aromatic rings. The Kier molecular flexibility index (Phi) is 5.72. The molecule has 1 aliphatic heterocycles. The molecule has 1 aliphatic rings. The van der Waals surface area contributed by atoms with Gasteiger partial charge in [0, 0.05) is 6.42 Å². The molecule has 22 heavy (non-hydrogen) atoms. The van der Waals surface area contributed by atoms with Crippen molar-refractivity contribution in [2.24, 2.45) is 4.99 Å². The second kappa shape index (κ2) is 7.54. The summed E-state index contributed by atoms with van der Waals surface area (Å²) in [6.45, 7) is 7.22. The third-order valence-electron chi connectivity index (χ3n) is 4.71. The maximum absolute atomic E-state index is 12.8. The Hall–Kier alpha value is -1.68. The molecule has 0 saturated carbocycles. The van der Waals surface area contributed by atoms with Crippen molar-refractivity contribution in [2.45, 2.75) is 38.5 Å². The zero-order valence-corrected chi connectivity index (χ0v) is 13.8. The van der Waals surface area contributed by atoms with Gasteiger partial charge in [0.15, 0.2) is 5.90 Å². The fraction of sp³-hybridized carbons (Fsp3) is 0.556. The minimum Gasteiger partial charge on any atom is -0.484 e. The van der Waals surface area contributed by atoms with Gasteiger partial charge in [0.25, 0.3) is 5.91 Å². The van der Waals surface area contributed by atoms with Crippen molar-refractivity contribution in [1.29, 1.82) is 0 Å². The van der Waals surface area contributed by atoms with E-state index in [0.717, 1.165) is 44.5 Å². The summed E-state index contributed by atoms with van der Waals surface area (Å²) in [5.74, 6) is 0.494. The summed E-state index contributed by atoms with van der Waals surface area (Å²) in [5.41, 5.74) is 0.567. The van der Waals surface area contributed by atoms with E-state index in [0.29, 0.717) is 5.90 Å². The number of hydrogen-bond acceptors (Lipinski definition) is 3. The normalized spacial score (nSPS) is 21.8.